The summed E-state index contributed by atoms with van der Waals surface area (Å²) in [6.07, 6.45) is 0.776. The number of carboxylic acids is 1. The van der Waals surface area contributed by atoms with Crippen LogP contribution in [0.25, 0.3) is 0 Å². The van der Waals surface area contributed by atoms with Crippen LogP contribution in [-0.4, -0.2) is 43.5 Å². The van der Waals surface area contributed by atoms with Crippen LogP contribution in [0.1, 0.15) is 22.7 Å². The van der Waals surface area contributed by atoms with Gasteiger partial charge in [-0.25, -0.2) is 13.2 Å². The average Bonchev–Trinajstić information content (AvgIpc) is 2.81. The molecule has 0 saturated heterocycles. The maximum Gasteiger partial charge on any atom is 0.326 e. The van der Waals surface area contributed by atoms with Gasteiger partial charge in [-0.1, -0.05) is 0 Å². The second kappa shape index (κ2) is 6.53. The lowest BCUT2D eigenvalue weighted by Gasteiger charge is -2.12. The van der Waals surface area contributed by atoms with Gasteiger partial charge in [0.05, 0.1) is 12.3 Å². The number of nitrogens with two attached hydrogens (primary N) is 1. The molecule has 4 N–H and O–H groups in total. The molecule has 112 valence electrons. The van der Waals surface area contributed by atoms with Crippen LogP contribution < -0.4 is 11.1 Å². The Hall–Kier alpha value is -1.87. The molecule has 1 heterocycles. The number of rotatable bonds is 7. The second-order valence-corrected chi connectivity index (χ2v) is 6.51. The number of carbonyl (C=O) groups excluding carboxylic acids is 1. The lowest BCUT2D eigenvalue weighted by atomic mass is 10.2. The molecule has 1 amide bonds. The third kappa shape index (κ3) is 5.02. The predicted molar refractivity (Wildman–Crippen MR) is 69.8 cm³/mol. The molecule has 8 nitrogen and oxygen atoms in total. The molecule has 1 aromatic heterocycles. The molecular formula is C11H16N2O6S. The molecule has 0 bridgehead atoms. The van der Waals surface area contributed by atoms with Crippen molar-refractivity contribution in [2.45, 2.75) is 19.0 Å². The van der Waals surface area contributed by atoms with E-state index in [0.29, 0.717) is 5.76 Å². The van der Waals surface area contributed by atoms with E-state index in [1.807, 2.05) is 0 Å². The molecule has 0 radical (unpaired) electrons. The number of nitrogens with one attached hydrogen (secondary N) is 1. The highest BCUT2D eigenvalue weighted by molar-refractivity contribution is 7.90. The van der Waals surface area contributed by atoms with Gasteiger partial charge in [0.1, 0.15) is 21.6 Å². The smallest absolute Gasteiger partial charge is 0.326 e. The van der Waals surface area contributed by atoms with Crippen molar-refractivity contribution in [2.75, 3.05) is 12.0 Å². The zero-order valence-electron chi connectivity index (χ0n) is 10.8. The first-order chi connectivity index (χ1) is 9.23. The standard InChI is InChI=1S/C11H16N2O6S/c1-20(17,18)5-4-8(11(15)16)13-10(14)9-3-2-7(6-12)19-9/h2-3,8H,4-6,12H2,1H3,(H,13,14)(H,15,16). The molecule has 0 aliphatic rings. The fraction of sp³-hybridized carbons (Fsp3) is 0.455. The Morgan fingerprint density at radius 3 is 2.55 bits per heavy atom. The second-order valence-electron chi connectivity index (χ2n) is 4.25. The minimum atomic E-state index is -3.31. The molecular weight excluding hydrogens is 288 g/mol. The van der Waals surface area contributed by atoms with Gasteiger partial charge in [0.2, 0.25) is 0 Å². The minimum absolute atomic E-state index is 0.0731. The summed E-state index contributed by atoms with van der Waals surface area (Å²) >= 11 is 0. The zero-order valence-corrected chi connectivity index (χ0v) is 11.6. The van der Waals surface area contributed by atoms with Crippen LogP contribution in [0.3, 0.4) is 0 Å². The summed E-state index contributed by atoms with van der Waals surface area (Å²) in [6.45, 7) is 0.115. The summed E-state index contributed by atoms with van der Waals surface area (Å²) in [5.41, 5.74) is 5.32. The van der Waals surface area contributed by atoms with Crippen molar-refractivity contribution >= 4 is 21.7 Å². The summed E-state index contributed by atoms with van der Waals surface area (Å²) in [5.74, 6) is -2.07. The van der Waals surface area contributed by atoms with Gasteiger partial charge in [0.25, 0.3) is 5.91 Å². The van der Waals surface area contributed by atoms with Crippen molar-refractivity contribution in [3.05, 3.63) is 23.7 Å². The molecule has 20 heavy (non-hydrogen) atoms. The molecule has 0 aliphatic heterocycles. The first kappa shape index (κ1) is 16.2. The molecule has 1 atom stereocenters. The average molecular weight is 304 g/mol. The molecule has 0 aromatic carbocycles. The Morgan fingerprint density at radius 1 is 1.45 bits per heavy atom. The Balaban J connectivity index is 2.70. The first-order valence-electron chi connectivity index (χ1n) is 5.73. The summed E-state index contributed by atoms with van der Waals surface area (Å²) in [5, 5.41) is 11.2. The number of furan rings is 1. The fourth-order valence-electron chi connectivity index (χ4n) is 1.43. The number of amides is 1. The van der Waals surface area contributed by atoms with Crippen molar-refractivity contribution in [2.24, 2.45) is 5.73 Å². The van der Waals surface area contributed by atoms with E-state index >= 15 is 0 Å². The third-order valence-corrected chi connectivity index (χ3v) is 3.44. The summed E-state index contributed by atoms with van der Waals surface area (Å²) in [6, 6.07) is 1.57. The van der Waals surface area contributed by atoms with Crippen LogP contribution in [0.5, 0.6) is 0 Å². The Labute approximate surface area is 115 Å². The molecule has 1 aromatic rings. The van der Waals surface area contributed by atoms with Crippen LogP contribution in [0, 0.1) is 0 Å². The minimum Gasteiger partial charge on any atom is -0.480 e. The Bertz CT molecular complexity index is 592. The lowest BCUT2D eigenvalue weighted by molar-refractivity contribution is -0.139. The van der Waals surface area contributed by atoms with Crippen LogP contribution in [0.2, 0.25) is 0 Å². The zero-order chi connectivity index (χ0) is 15.3. The number of sulfone groups is 1. The summed E-state index contributed by atoms with van der Waals surface area (Å²) < 4.78 is 27.1. The van der Waals surface area contributed by atoms with Gasteiger partial charge >= 0.3 is 5.97 Å². The van der Waals surface area contributed by atoms with E-state index in [1.165, 1.54) is 12.1 Å². The topological polar surface area (TPSA) is 140 Å². The van der Waals surface area contributed by atoms with Crippen molar-refractivity contribution in [1.82, 2.24) is 5.32 Å². The first-order valence-corrected chi connectivity index (χ1v) is 7.79. The Morgan fingerprint density at radius 2 is 2.10 bits per heavy atom. The molecule has 0 spiro atoms. The molecule has 1 rings (SSSR count). The van der Waals surface area contributed by atoms with Gasteiger partial charge in [-0.3, -0.25) is 4.79 Å². The van der Waals surface area contributed by atoms with Gasteiger partial charge in [-0.15, -0.1) is 0 Å². The van der Waals surface area contributed by atoms with E-state index in [0.717, 1.165) is 6.26 Å². The molecule has 9 heteroatoms. The SMILES string of the molecule is CS(=O)(=O)CCC(NC(=O)c1ccc(CN)o1)C(=O)O. The van der Waals surface area contributed by atoms with Crippen LogP contribution >= 0.6 is 0 Å². The monoisotopic (exact) mass is 304 g/mol. The van der Waals surface area contributed by atoms with Crippen molar-refractivity contribution in [1.29, 1.82) is 0 Å². The summed E-state index contributed by atoms with van der Waals surface area (Å²) in [4.78, 5) is 22.7. The quantitative estimate of drug-likeness (QED) is 0.608. The lowest BCUT2D eigenvalue weighted by Crippen LogP contribution is -2.41. The van der Waals surface area contributed by atoms with E-state index in [-0.39, 0.29) is 24.5 Å². The van der Waals surface area contributed by atoms with E-state index in [4.69, 9.17) is 15.3 Å². The normalized spacial score (nSPS) is 12.9. The summed E-state index contributed by atoms with van der Waals surface area (Å²) in [7, 11) is -3.31. The highest BCUT2D eigenvalue weighted by Gasteiger charge is 2.23. The molecule has 1 unspecified atom stereocenters. The molecule has 0 fully saturated rings. The predicted octanol–water partition coefficient (Wildman–Crippen LogP) is -0.644. The van der Waals surface area contributed by atoms with Crippen LogP contribution in [0.15, 0.2) is 16.5 Å². The van der Waals surface area contributed by atoms with Crippen LogP contribution in [0.4, 0.5) is 0 Å². The number of carboxylic acid groups (broad SMARTS) is 1. The third-order valence-electron chi connectivity index (χ3n) is 2.47. The van der Waals surface area contributed by atoms with Gasteiger partial charge in [0.15, 0.2) is 5.76 Å². The number of hydrogen-bond donors (Lipinski definition) is 3. The van der Waals surface area contributed by atoms with E-state index < -0.39 is 27.8 Å². The van der Waals surface area contributed by atoms with Gasteiger partial charge < -0.3 is 20.6 Å². The van der Waals surface area contributed by atoms with Crippen molar-refractivity contribution in [3.63, 3.8) is 0 Å². The molecule has 0 aliphatic carbocycles. The fourth-order valence-corrected chi connectivity index (χ4v) is 2.09. The van der Waals surface area contributed by atoms with Crippen LogP contribution in [-0.2, 0) is 21.2 Å². The molecule has 0 saturated carbocycles. The number of aliphatic carboxylic acids is 1. The Kier molecular flexibility index (Phi) is 5.28. The largest absolute Gasteiger partial charge is 0.480 e. The van der Waals surface area contributed by atoms with E-state index in [2.05, 4.69) is 5.32 Å². The van der Waals surface area contributed by atoms with E-state index in [1.54, 1.807) is 0 Å². The maximum absolute atomic E-state index is 11.8. The maximum atomic E-state index is 11.8. The van der Waals surface area contributed by atoms with Gasteiger partial charge in [0, 0.05) is 6.26 Å². The number of carbonyl (C=O) groups is 2. The highest BCUT2D eigenvalue weighted by Crippen LogP contribution is 2.08. The highest BCUT2D eigenvalue weighted by atomic mass is 32.2. The van der Waals surface area contributed by atoms with Crippen molar-refractivity contribution in [3.8, 4) is 0 Å². The number of hydrogen-bond acceptors (Lipinski definition) is 6. The van der Waals surface area contributed by atoms with Gasteiger partial charge in [-0.2, -0.15) is 0 Å². The van der Waals surface area contributed by atoms with Gasteiger partial charge in [-0.05, 0) is 18.6 Å². The van der Waals surface area contributed by atoms with Crippen molar-refractivity contribution < 1.29 is 27.5 Å². The van der Waals surface area contributed by atoms with E-state index in [9.17, 15) is 18.0 Å².